The Morgan fingerprint density at radius 1 is 1.50 bits per heavy atom. The van der Waals surface area contributed by atoms with Crippen LogP contribution in [0.15, 0.2) is 17.1 Å². The van der Waals surface area contributed by atoms with Crippen LogP contribution in [0.5, 0.6) is 5.75 Å². The summed E-state index contributed by atoms with van der Waals surface area (Å²) in [7, 11) is 0. The van der Waals surface area contributed by atoms with Crippen molar-refractivity contribution in [3.63, 3.8) is 0 Å². The topological polar surface area (TPSA) is 69.3 Å². The van der Waals surface area contributed by atoms with Crippen LogP contribution in [0.1, 0.15) is 26.2 Å². The Bertz CT molecular complexity index is 840. The number of nitrogens with two attached hydrogens (primary N) is 1. The van der Waals surface area contributed by atoms with E-state index in [1.54, 1.807) is 6.20 Å². The number of halogens is 1. The van der Waals surface area contributed by atoms with Crippen LogP contribution in [0.4, 0.5) is 15.8 Å². The zero-order valence-corrected chi connectivity index (χ0v) is 12.4. The molecule has 0 atom stereocenters. The molecule has 0 unspecified atom stereocenters. The molecule has 0 amide bonds. The number of pyridine rings is 1. The largest absolute Gasteiger partial charge is 0.487 e. The number of nitrogen functional groups attached to an aromatic ring is 1. The van der Waals surface area contributed by atoms with Gasteiger partial charge < -0.3 is 20.4 Å². The summed E-state index contributed by atoms with van der Waals surface area (Å²) < 4.78 is 22.6. The fraction of sp³-hybridized carbons (Fsp3) is 0.438. The lowest BCUT2D eigenvalue weighted by atomic mass is 9.76. The highest BCUT2D eigenvalue weighted by molar-refractivity contribution is 6.00. The SMILES string of the molecule is CCNc1c(F)c(N)c2c(=O)ccn3c2c1OCC31CCC1. The molecule has 6 heteroatoms. The maximum absolute atomic E-state index is 14.6. The highest BCUT2D eigenvalue weighted by Crippen LogP contribution is 2.49. The van der Waals surface area contributed by atoms with Crippen LogP contribution in [0, 0.1) is 5.82 Å². The highest BCUT2D eigenvalue weighted by atomic mass is 19.1. The van der Waals surface area contributed by atoms with Crippen molar-refractivity contribution in [2.45, 2.75) is 31.7 Å². The number of hydrogen-bond donors (Lipinski definition) is 2. The third-order valence-electron chi connectivity index (χ3n) is 4.90. The van der Waals surface area contributed by atoms with E-state index in [1.807, 2.05) is 6.92 Å². The molecule has 1 aromatic carbocycles. The fourth-order valence-corrected chi connectivity index (χ4v) is 3.60. The first-order valence-corrected chi connectivity index (χ1v) is 7.62. The van der Waals surface area contributed by atoms with Crippen molar-refractivity contribution in [2.75, 3.05) is 24.2 Å². The maximum Gasteiger partial charge on any atom is 0.191 e. The molecular formula is C16H18FN3O2. The number of nitrogens with zero attached hydrogens (tertiary/aromatic N) is 1. The van der Waals surface area contributed by atoms with E-state index in [4.69, 9.17) is 10.5 Å². The van der Waals surface area contributed by atoms with Gasteiger partial charge in [0, 0.05) is 18.8 Å². The molecule has 0 bridgehead atoms. The van der Waals surface area contributed by atoms with Crippen molar-refractivity contribution in [3.8, 4) is 5.75 Å². The summed E-state index contributed by atoms with van der Waals surface area (Å²) in [5, 5.41) is 3.20. The average Bonchev–Trinajstić information content (AvgIpc) is 2.47. The van der Waals surface area contributed by atoms with Gasteiger partial charge in [-0.3, -0.25) is 4.79 Å². The van der Waals surface area contributed by atoms with E-state index in [9.17, 15) is 9.18 Å². The smallest absolute Gasteiger partial charge is 0.191 e. The summed E-state index contributed by atoms with van der Waals surface area (Å²) in [6.07, 6.45) is 4.92. The molecule has 22 heavy (non-hydrogen) atoms. The molecule has 2 aromatic rings. The Balaban J connectivity index is 2.16. The molecule has 1 aliphatic carbocycles. The molecule has 1 spiro atoms. The molecule has 116 valence electrons. The predicted octanol–water partition coefficient (Wildman–Crippen LogP) is 2.43. The van der Waals surface area contributed by atoms with Gasteiger partial charge >= 0.3 is 0 Å². The van der Waals surface area contributed by atoms with Crippen LogP contribution in [-0.2, 0) is 5.54 Å². The monoisotopic (exact) mass is 303 g/mol. The van der Waals surface area contributed by atoms with E-state index in [0.29, 0.717) is 24.4 Å². The van der Waals surface area contributed by atoms with Crippen molar-refractivity contribution in [3.05, 3.63) is 28.3 Å². The fourth-order valence-electron chi connectivity index (χ4n) is 3.60. The van der Waals surface area contributed by atoms with Gasteiger partial charge in [-0.1, -0.05) is 0 Å². The first kappa shape index (κ1) is 13.4. The minimum atomic E-state index is -0.608. The lowest BCUT2D eigenvalue weighted by Crippen LogP contribution is -2.48. The van der Waals surface area contributed by atoms with Crippen molar-refractivity contribution in [1.82, 2.24) is 4.57 Å². The zero-order chi connectivity index (χ0) is 15.5. The van der Waals surface area contributed by atoms with Crippen LogP contribution in [-0.4, -0.2) is 17.7 Å². The summed E-state index contributed by atoms with van der Waals surface area (Å²) in [4.78, 5) is 12.2. The molecule has 0 saturated heterocycles. The van der Waals surface area contributed by atoms with Gasteiger partial charge in [-0.25, -0.2) is 4.39 Å². The summed E-state index contributed by atoms with van der Waals surface area (Å²) in [5.41, 5.74) is 6.31. The van der Waals surface area contributed by atoms with Crippen LogP contribution < -0.4 is 21.2 Å². The molecule has 4 rings (SSSR count). The maximum atomic E-state index is 14.6. The summed E-state index contributed by atoms with van der Waals surface area (Å²) >= 11 is 0. The van der Waals surface area contributed by atoms with Gasteiger partial charge in [0.15, 0.2) is 17.0 Å². The molecule has 1 fully saturated rings. The van der Waals surface area contributed by atoms with Gasteiger partial charge in [-0.15, -0.1) is 0 Å². The summed E-state index contributed by atoms with van der Waals surface area (Å²) in [5.74, 6) is -0.206. The lowest BCUT2D eigenvalue weighted by molar-refractivity contribution is 0.0602. The number of ether oxygens (including phenoxy) is 1. The molecule has 1 aromatic heterocycles. The number of anilines is 2. The Kier molecular flexibility index (Phi) is 2.67. The van der Waals surface area contributed by atoms with Crippen LogP contribution >= 0.6 is 0 Å². The molecule has 5 nitrogen and oxygen atoms in total. The molecule has 0 radical (unpaired) electrons. The normalized spacial score (nSPS) is 18.1. The van der Waals surface area contributed by atoms with E-state index in [-0.39, 0.29) is 27.7 Å². The van der Waals surface area contributed by atoms with Gasteiger partial charge in [-0.2, -0.15) is 0 Å². The standard InChI is InChI=1S/C16H18FN3O2/c1-2-19-13-11(17)12(18)10-9(21)4-7-20-14(10)15(13)22-8-16(20)5-3-6-16/h4,7,19H,2-3,5-6,8,18H2,1H3. The highest BCUT2D eigenvalue weighted by Gasteiger charge is 2.44. The number of aromatic nitrogens is 1. The van der Waals surface area contributed by atoms with Gasteiger partial charge in [0.1, 0.15) is 12.3 Å². The lowest BCUT2D eigenvalue weighted by Gasteiger charge is -2.47. The van der Waals surface area contributed by atoms with Crippen LogP contribution in [0.25, 0.3) is 10.9 Å². The van der Waals surface area contributed by atoms with Crippen molar-refractivity contribution < 1.29 is 9.13 Å². The molecule has 2 aliphatic rings. The second-order valence-corrected chi connectivity index (χ2v) is 6.10. The molecular weight excluding hydrogens is 285 g/mol. The quantitative estimate of drug-likeness (QED) is 0.836. The molecule has 3 N–H and O–H groups in total. The minimum absolute atomic E-state index is 0.103. The second-order valence-electron chi connectivity index (χ2n) is 6.10. The average molecular weight is 303 g/mol. The predicted molar refractivity (Wildman–Crippen MR) is 84.1 cm³/mol. The van der Waals surface area contributed by atoms with Crippen LogP contribution in [0.3, 0.4) is 0 Å². The number of fused-ring (bicyclic) bond motifs is 1. The first-order chi connectivity index (χ1) is 10.6. The number of benzene rings is 1. The second kappa shape index (κ2) is 4.38. The number of nitrogens with one attached hydrogen (secondary N) is 1. The van der Waals surface area contributed by atoms with E-state index in [2.05, 4.69) is 9.88 Å². The van der Waals surface area contributed by atoms with Gasteiger partial charge in [0.25, 0.3) is 0 Å². The van der Waals surface area contributed by atoms with Crippen molar-refractivity contribution in [2.24, 2.45) is 0 Å². The number of hydrogen-bond acceptors (Lipinski definition) is 4. The van der Waals surface area contributed by atoms with E-state index >= 15 is 0 Å². The van der Waals surface area contributed by atoms with Gasteiger partial charge in [0.05, 0.1) is 22.1 Å². The molecule has 2 heterocycles. The summed E-state index contributed by atoms with van der Waals surface area (Å²) in [6.45, 7) is 2.92. The summed E-state index contributed by atoms with van der Waals surface area (Å²) in [6, 6.07) is 1.47. The Labute approximate surface area is 126 Å². The van der Waals surface area contributed by atoms with Crippen molar-refractivity contribution >= 4 is 22.3 Å². The molecule has 1 aliphatic heterocycles. The third kappa shape index (κ3) is 1.50. The zero-order valence-electron chi connectivity index (χ0n) is 12.4. The van der Waals surface area contributed by atoms with Gasteiger partial charge in [0.2, 0.25) is 0 Å². The minimum Gasteiger partial charge on any atom is -0.487 e. The van der Waals surface area contributed by atoms with E-state index in [1.165, 1.54) is 6.07 Å². The van der Waals surface area contributed by atoms with Crippen LogP contribution in [0.2, 0.25) is 0 Å². The number of rotatable bonds is 2. The Morgan fingerprint density at radius 3 is 2.91 bits per heavy atom. The first-order valence-electron chi connectivity index (χ1n) is 7.62. The van der Waals surface area contributed by atoms with Crippen molar-refractivity contribution in [1.29, 1.82) is 0 Å². The van der Waals surface area contributed by atoms with E-state index < -0.39 is 5.82 Å². The van der Waals surface area contributed by atoms with Gasteiger partial charge in [-0.05, 0) is 26.2 Å². The van der Waals surface area contributed by atoms with E-state index in [0.717, 1.165) is 19.3 Å². The Hall–Kier alpha value is -2.24. The Morgan fingerprint density at radius 2 is 2.27 bits per heavy atom. The third-order valence-corrected chi connectivity index (χ3v) is 4.90. The molecule has 1 saturated carbocycles.